The molecule has 10 heteroatoms. The molecule has 3 aliphatic carbocycles. The molecule has 7 rings (SSSR count). The number of piperidine rings is 1. The normalized spacial score (nSPS) is 45.2. The zero-order valence-corrected chi connectivity index (χ0v) is 22.6. The molecule has 2 N–H and O–H groups in total. The fraction of sp³-hybridized carbons (Fsp3) is 0.964. The van der Waals surface area contributed by atoms with Crippen molar-refractivity contribution in [1.29, 1.82) is 0 Å². The molecule has 9 atom stereocenters. The number of carbonyl (C=O) groups excluding carboxylic acids is 1. The van der Waals surface area contributed by atoms with Crippen LogP contribution in [0.1, 0.15) is 57.8 Å². The van der Waals surface area contributed by atoms with Crippen LogP contribution in [0.5, 0.6) is 0 Å². The zero-order valence-electron chi connectivity index (χ0n) is 22.6. The first kappa shape index (κ1) is 26.0. The average Bonchev–Trinajstić information content (AvgIpc) is 3.18. The van der Waals surface area contributed by atoms with Crippen LogP contribution in [0.2, 0.25) is 0 Å². The highest BCUT2D eigenvalue weighted by Crippen LogP contribution is 2.54. The highest BCUT2D eigenvalue weighted by atomic mass is 19.4. The summed E-state index contributed by atoms with van der Waals surface area (Å²) in [6.07, 6.45) is 4.21. The Hall–Kier alpha value is -0.940. The van der Waals surface area contributed by atoms with Crippen molar-refractivity contribution < 1.29 is 22.7 Å². The van der Waals surface area contributed by atoms with Gasteiger partial charge in [-0.15, -0.1) is 0 Å². The van der Waals surface area contributed by atoms with Crippen LogP contribution in [-0.2, 0) is 9.53 Å². The van der Waals surface area contributed by atoms with Gasteiger partial charge in [-0.25, -0.2) is 10.9 Å². The van der Waals surface area contributed by atoms with Gasteiger partial charge in [-0.1, -0.05) is 6.42 Å². The number of hydrogen-bond acceptors (Lipinski definition) is 6. The molecule has 4 aliphatic heterocycles. The Bertz CT molecular complexity index is 915. The lowest BCUT2D eigenvalue weighted by molar-refractivity contribution is -0.204. The van der Waals surface area contributed by atoms with Gasteiger partial charge >= 0.3 is 6.18 Å². The van der Waals surface area contributed by atoms with Gasteiger partial charge in [-0.2, -0.15) is 13.2 Å². The maximum Gasteiger partial charge on any atom is 0.392 e. The van der Waals surface area contributed by atoms with Crippen LogP contribution in [0.4, 0.5) is 13.2 Å². The van der Waals surface area contributed by atoms with Gasteiger partial charge in [-0.3, -0.25) is 14.6 Å². The number of amides is 1. The predicted octanol–water partition coefficient (Wildman–Crippen LogP) is 3.03. The highest BCUT2D eigenvalue weighted by Gasteiger charge is 2.59. The summed E-state index contributed by atoms with van der Waals surface area (Å²) in [4.78, 5) is 20.4. The van der Waals surface area contributed by atoms with E-state index in [0.29, 0.717) is 24.9 Å². The lowest BCUT2D eigenvalue weighted by Crippen LogP contribution is -2.56. The Morgan fingerprint density at radius 3 is 2.58 bits per heavy atom. The Morgan fingerprint density at radius 2 is 1.95 bits per heavy atom. The first-order valence-electron chi connectivity index (χ1n) is 15.1. The lowest BCUT2D eigenvalue weighted by Gasteiger charge is -2.52. The number of hydrazine groups is 1. The van der Waals surface area contributed by atoms with E-state index in [-0.39, 0.29) is 35.9 Å². The van der Waals surface area contributed by atoms with Crippen LogP contribution >= 0.6 is 0 Å². The van der Waals surface area contributed by atoms with Gasteiger partial charge < -0.3 is 9.64 Å². The lowest BCUT2D eigenvalue weighted by atomic mass is 9.64. The molecule has 7 unspecified atom stereocenters. The van der Waals surface area contributed by atoms with Crippen LogP contribution in [0.25, 0.3) is 0 Å². The number of carbonyl (C=O) groups is 1. The molecule has 38 heavy (non-hydrogen) atoms. The van der Waals surface area contributed by atoms with Crippen molar-refractivity contribution in [3.05, 3.63) is 0 Å². The SMILES string of the molecule is CN1CNNC1CC1(C2CCCC(N3CC4C(CC(CN5CC[C@@H]6C[C@@H]65)CC4C(F)(F)F)C3=O)C2)COC1. The van der Waals surface area contributed by atoms with E-state index in [9.17, 15) is 18.0 Å². The molecule has 7 fully saturated rings. The largest absolute Gasteiger partial charge is 0.392 e. The van der Waals surface area contributed by atoms with Crippen molar-refractivity contribution in [2.75, 3.05) is 46.6 Å². The third-order valence-corrected chi connectivity index (χ3v) is 11.7. The fourth-order valence-corrected chi connectivity index (χ4v) is 9.40. The van der Waals surface area contributed by atoms with Gasteiger partial charge in [0.15, 0.2) is 0 Å². The predicted molar refractivity (Wildman–Crippen MR) is 135 cm³/mol. The first-order valence-corrected chi connectivity index (χ1v) is 15.1. The number of nitrogens with zero attached hydrogens (tertiary/aromatic N) is 3. The van der Waals surface area contributed by atoms with Gasteiger partial charge in [0, 0.05) is 36.5 Å². The minimum absolute atomic E-state index is 0.0191. The molecule has 214 valence electrons. The zero-order chi connectivity index (χ0) is 26.2. The van der Waals surface area contributed by atoms with E-state index in [2.05, 4.69) is 27.7 Å². The molecule has 4 heterocycles. The summed E-state index contributed by atoms with van der Waals surface area (Å²) in [5.74, 6) is -1.17. The molecule has 0 aromatic rings. The summed E-state index contributed by atoms with van der Waals surface area (Å²) < 4.78 is 48.9. The van der Waals surface area contributed by atoms with E-state index < -0.39 is 23.9 Å². The monoisotopic (exact) mass is 539 g/mol. The molecule has 0 bridgehead atoms. The van der Waals surface area contributed by atoms with E-state index in [4.69, 9.17) is 4.74 Å². The quantitative estimate of drug-likeness (QED) is 0.541. The highest BCUT2D eigenvalue weighted by molar-refractivity contribution is 5.82. The Labute approximate surface area is 224 Å². The minimum Gasteiger partial charge on any atom is -0.380 e. The molecule has 7 nitrogen and oxygen atoms in total. The molecule has 0 radical (unpaired) electrons. The van der Waals surface area contributed by atoms with Crippen molar-refractivity contribution in [3.63, 3.8) is 0 Å². The third-order valence-electron chi connectivity index (χ3n) is 11.7. The topological polar surface area (TPSA) is 60.1 Å². The molecule has 0 aromatic heterocycles. The van der Waals surface area contributed by atoms with Gasteiger partial charge in [0.2, 0.25) is 5.91 Å². The second kappa shape index (κ2) is 9.57. The number of nitrogens with one attached hydrogen (secondary N) is 2. The van der Waals surface area contributed by atoms with Crippen LogP contribution in [0.3, 0.4) is 0 Å². The van der Waals surface area contributed by atoms with E-state index in [1.54, 1.807) is 0 Å². The second-order valence-corrected chi connectivity index (χ2v) is 13.9. The van der Waals surface area contributed by atoms with Crippen molar-refractivity contribution in [3.8, 4) is 0 Å². The van der Waals surface area contributed by atoms with Gasteiger partial charge in [0.25, 0.3) is 0 Å². The number of rotatable bonds is 6. The number of fused-ring (bicyclic) bond motifs is 2. The van der Waals surface area contributed by atoms with Crippen molar-refractivity contribution >= 4 is 5.91 Å². The molecule has 4 saturated heterocycles. The Morgan fingerprint density at radius 1 is 1.11 bits per heavy atom. The van der Waals surface area contributed by atoms with E-state index in [1.807, 2.05) is 4.90 Å². The van der Waals surface area contributed by atoms with Crippen LogP contribution in [0.15, 0.2) is 0 Å². The van der Waals surface area contributed by atoms with Gasteiger partial charge in [0.05, 0.1) is 32.0 Å². The number of likely N-dealkylation sites (tertiary alicyclic amines) is 2. The summed E-state index contributed by atoms with van der Waals surface area (Å²) in [6, 6.07) is 0.666. The third kappa shape index (κ3) is 4.50. The van der Waals surface area contributed by atoms with Gasteiger partial charge in [0.1, 0.15) is 0 Å². The molecule has 7 aliphatic rings. The Kier molecular flexibility index (Phi) is 6.54. The van der Waals surface area contributed by atoms with Crippen molar-refractivity contribution in [2.45, 2.75) is 82.2 Å². The molecule has 0 spiro atoms. The molecule has 3 saturated carbocycles. The van der Waals surface area contributed by atoms with E-state index in [0.717, 1.165) is 71.0 Å². The first-order chi connectivity index (χ1) is 18.2. The average molecular weight is 540 g/mol. The number of halogens is 3. The Balaban J connectivity index is 1.05. The smallest absolute Gasteiger partial charge is 0.380 e. The fourth-order valence-electron chi connectivity index (χ4n) is 9.40. The van der Waals surface area contributed by atoms with E-state index >= 15 is 0 Å². The molecule has 0 aromatic carbocycles. The number of ether oxygens (including phenoxy) is 1. The van der Waals surface area contributed by atoms with Crippen LogP contribution in [0, 0.1) is 40.9 Å². The summed E-state index contributed by atoms with van der Waals surface area (Å²) in [5, 5.41) is 0. The second-order valence-electron chi connectivity index (χ2n) is 13.9. The summed E-state index contributed by atoms with van der Waals surface area (Å²) >= 11 is 0. The number of alkyl halides is 3. The molecular formula is C28H44F3N5O2. The maximum absolute atomic E-state index is 14.4. The molecular weight excluding hydrogens is 495 g/mol. The van der Waals surface area contributed by atoms with Crippen molar-refractivity contribution in [2.24, 2.45) is 40.9 Å². The van der Waals surface area contributed by atoms with Crippen LogP contribution in [-0.4, -0.2) is 91.6 Å². The standard InChI is InChI=1S/C28H44F3N5O2/c1-34-16-32-33-25(34)11-27(14-38-15-27)19-3-2-4-20(10-19)36-13-22-21(26(36)37)7-17(8-23(22)28(29,30)31)12-35-6-5-18-9-24(18)35/h17-25,32-33H,2-16H2,1H3/t17?,18-,19?,20?,21?,22?,23?,24+,25?/m1/s1. The summed E-state index contributed by atoms with van der Waals surface area (Å²) in [5.41, 5.74) is 6.68. The molecule has 1 amide bonds. The minimum atomic E-state index is -4.23. The van der Waals surface area contributed by atoms with Gasteiger partial charge in [-0.05, 0) is 88.6 Å². The number of hydrogen-bond donors (Lipinski definition) is 2. The van der Waals surface area contributed by atoms with Crippen molar-refractivity contribution in [1.82, 2.24) is 25.6 Å². The van der Waals surface area contributed by atoms with Crippen LogP contribution < -0.4 is 10.9 Å². The summed E-state index contributed by atoms with van der Waals surface area (Å²) in [7, 11) is 2.11. The van der Waals surface area contributed by atoms with E-state index in [1.165, 1.54) is 12.8 Å². The maximum atomic E-state index is 14.4. The summed E-state index contributed by atoms with van der Waals surface area (Å²) in [6.45, 7) is 4.36.